The predicted molar refractivity (Wildman–Crippen MR) is 98.3 cm³/mol. The molecule has 0 saturated heterocycles. The van der Waals surface area contributed by atoms with Gasteiger partial charge in [0.15, 0.2) is 0 Å². The molecule has 1 aromatic rings. The van der Waals surface area contributed by atoms with Crippen molar-refractivity contribution in [3.63, 3.8) is 0 Å². The van der Waals surface area contributed by atoms with Gasteiger partial charge in [0.25, 0.3) is 0 Å². The Morgan fingerprint density at radius 3 is 2.50 bits per heavy atom. The van der Waals surface area contributed by atoms with Crippen LogP contribution in [0.5, 0.6) is 5.75 Å². The topological polar surface area (TPSA) is 53.7 Å². The van der Waals surface area contributed by atoms with Crippen LogP contribution in [-0.4, -0.2) is 26.4 Å². The van der Waals surface area contributed by atoms with Crippen molar-refractivity contribution >= 4 is 5.69 Å². The molecule has 0 amide bonds. The molecule has 4 nitrogen and oxygen atoms in total. The third-order valence-electron chi connectivity index (χ3n) is 4.02. The summed E-state index contributed by atoms with van der Waals surface area (Å²) in [5.41, 5.74) is 8.07. The minimum atomic E-state index is 0.0869. The summed E-state index contributed by atoms with van der Waals surface area (Å²) in [5, 5.41) is 0. The van der Waals surface area contributed by atoms with Gasteiger partial charge in [-0.1, -0.05) is 32.9 Å². The fourth-order valence-corrected chi connectivity index (χ4v) is 2.44. The molecule has 1 unspecified atom stereocenters. The van der Waals surface area contributed by atoms with Gasteiger partial charge < -0.3 is 19.9 Å². The van der Waals surface area contributed by atoms with Crippen molar-refractivity contribution in [3.05, 3.63) is 47.7 Å². The van der Waals surface area contributed by atoms with Crippen molar-refractivity contribution in [3.8, 4) is 5.75 Å². The molecule has 0 aromatic heterocycles. The fraction of sp³-hybridized carbons (Fsp3) is 0.500. The average Bonchev–Trinajstić information content (AvgIpc) is 2.55. The number of hydrogen-bond donors (Lipinski definition) is 1. The van der Waals surface area contributed by atoms with Gasteiger partial charge in [0.2, 0.25) is 0 Å². The van der Waals surface area contributed by atoms with E-state index in [1.54, 1.807) is 7.11 Å². The van der Waals surface area contributed by atoms with Crippen molar-refractivity contribution < 1.29 is 14.2 Å². The third-order valence-corrected chi connectivity index (χ3v) is 4.02. The van der Waals surface area contributed by atoms with Gasteiger partial charge in [-0.25, -0.2) is 0 Å². The monoisotopic (exact) mass is 331 g/mol. The Kier molecular flexibility index (Phi) is 6.32. The first-order valence-corrected chi connectivity index (χ1v) is 8.47. The van der Waals surface area contributed by atoms with Crippen LogP contribution in [0.3, 0.4) is 0 Å². The van der Waals surface area contributed by atoms with Crippen LogP contribution < -0.4 is 10.5 Å². The summed E-state index contributed by atoms with van der Waals surface area (Å²) in [6, 6.07) is 6.02. The molecular weight excluding hydrogens is 302 g/mol. The smallest absolute Gasteiger partial charge is 0.142 e. The van der Waals surface area contributed by atoms with Gasteiger partial charge >= 0.3 is 0 Å². The summed E-state index contributed by atoms with van der Waals surface area (Å²) >= 11 is 0. The largest absolute Gasteiger partial charge is 0.494 e. The summed E-state index contributed by atoms with van der Waals surface area (Å²) < 4.78 is 16.7. The van der Waals surface area contributed by atoms with E-state index in [4.69, 9.17) is 19.9 Å². The summed E-state index contributed by atoms with van der Waals surface area (Å²) in [6.45, 7) is 7.71. The van der Waals surface area contributed by atoms with Crippen LogP contribution in [0.15, 0.2) is 42.2 Å². The Morgan fingerprint density at radius 1 is 1.17 bits per heavy atom. The first kappa shape index (κ1) is 18.4. The predicted octanol–water partition coefficient (Wildman–Crippen LogP) is 4.21. The highest BCUT2D eigenvalue weighted by Gasteiger charge is 2.15. The molecule has 2 N–H and O–H groups in total. The van der Waals surface area contributed by atoms with E-state index in [1.165, 1.54) is 5.56 Å². The van der Waals surface area contributed by atoms with Crippen LogP contribution in [0.4, 0.5) is 5.69 Å². The maximum Gasteiger partial charge on any atom is 0.142 e. The zero-order chi connectivity index (χ0) is 17.6. The van der Waals surface area contributed by atoms with Gasteiger partial charge in [0.05, 0.1) is 25.0 Å². The van der Waals surface area contributed by atoms with Gasteiger partial charge in [0.1, 0.15) is 11.5 Å². The molecule has 0 aliphatic heterocycles. The molecule has 0 radical (unpaired) electrons. The van der Waals surface area contributed by atoms with Crippen molar-refractivity contribution in [1.29, 1.82) is 0 Å². The minimum Gasteiger partial charge on any atom is -0.494 e. The molecule has 0 fully saturated rings. The maximum atomic E-state index is 6.09. The van der Waals surface area contributed by atoms with Crippen LogP contribution >= 0.6 is 0 Å². The molecule has 1 aromatic carbocycles. The van der Waals surface area contributed by atoms with Crippen LogP contribution in [0.25, 0.3) is 0 Å². The lowest BCUT2D eigenvalue weighted by molar-refractivity contribution is 0.136. The van der Waals surface area contributed by atoms with E-state index in [-0.39, 0.29) is 11.5 Å². The van der Waals surface area contributed by atoms with E-state index in [0.717, 1.165) is 24.4 Å². The van der Waals surface area contributed by atoms with Crippen LogP contribution in [0.1, 0.15) is 39.2 Å². The number of rotatable bonds is 7. The molecule has 4 heteroatoms. The normalized spacial score (nSPS) is 17.5. The van der Waals surface area contributed by atoms with Crippen molar-refractivity contribution in [1.82, 2.24) is 0 Å². The molecule has 1 aliphatic rings. The minimum absolute atomic E-state index is 0.0869. The number of nitrogen functional groups attached to an aromatic ring is 1. The van der Waals surface area contributed by atoms with E-state index in [9.17, 15) is 0 Å². The molecule has 24 heavy (non-hydrogen) atoms. The van der Waals surface area contributed by atoms with E-state index in [1.807, 2.05) is 24.3 Å². The Balaban J connectivity index is 1.71. The number of anilines is 1. The first-order valence-electron chi connectivity index (χ1n) is 8.47. The van der Waals surface area contributed by atoms with Crippen molar-refractivity contribution in [2.75, 3.05) is 26.1 Å². The van der Waals surface area contributed by atoms with Gasteiger partial charge in [-0.3, -0.25) is 0 Å². The quantitative estimate of drug-likeness (QED) is 0.600. The maximum absolute atomic E-state index is 6.09. The zero-order valence-electron chi connectivity index (χ0n) is 15.2. The van der Waals surface area contributed by atoms with Crippen molar-refractivity contribution in [2.24, 2.45) is 0 Å². The Hall–Kier alpha value is -1.94. The number of methoxy groups -OCH3 is 1. The highest BCUT2D eigenvalue weighted by Crippen LogP contribution is 2.29. The lowest BCUT2D eigenvalue weighted by Crippen LogP contribution is -2.12. The SMILES string of the molecule is COC1C=CC(OCCCOc2ccc(C(C)(C)C)cc2N)=CC1. The second-order valence-corrected chi connectivity index (χ2v) is 7.03. The lowest BCUT2D eigenvalue weighted by atomic mass is 9.87. The number of hydrogen-bond acceptors (Lipinski definition) is 4. The van der Waals surface area contributed by atoms with Gasteiger partial charge in [-0.2, -0.15) is 0 Å². The highest BCUT2D eigenvalue weighted by atomic mass is 16.5. The number of allylic oxidation sites excluding steroid dienone is 1. The van der Waals surface area contributed by atoms with E-state index in [2.05, 4.69) is 32.9 Å². The molecule has 0 spiro atoms. The Bertz CT molecular complexity index is 599. The Morgan fingerprint density at radius 2 is 1.92 bits per heavy atom. The summed E-state index contributed by atoms with van der Waals surface area (Å²) in [6.07, 6.45) is 7.86. The van der Waals surface area contributed by atoms with E-state index in [0.29, 0.717) is 18.9 Å². The first-order chi connectivity index (χ1) is 11.4. The number of ether oxygens (including phenoxy) is 3. The molecule has 0 heterocycles. The average molecular weight is 331 g/mol. The Labute approximate surface area is 145 Å². The summed E-state index contributed by atoms with van der Waals surface area (Å²) in [7, 11) is 1.71. The standard InChI is InChI=1S/C20H29NO3/c1-20(2,3)15-6-11-19(18(21)14-15)24-13-5-12-23-17-9-7-16(22-4)8-10-17/h6-7,9-11,14,16H,5,8,12-13,21H2,1-4H3. The van der Waals surface area contributed by atoms with Gasteiger partial charge in [-0.05, 0) is 41.7 Å². The third kappa shape index (κ3) is 5.31. The zero-order valence-corrected chi connectivity index (χ0v) is 15.2. The van der Waals surface area contributed by atoms with Gasteiger partial charge in [0, 0.05) is 13.5 Å². The summed E-state index contributed by atoms with van der Waals surface area (Å²) in [5.74, 6) is 1.64. The fourth-order valence-electron chi connectivity index (χ4n) is 2.44. The molecular formula is C20H29NO3. The van der Waals surface area contributed by atoms with Gasteiger partial charge in [-0.15, -0.1) is 0 Å². The highest BCUT2D eigenvalue weighted by molar-refractivity contribution is 5.55. The second-order valence-electron chi connectivity index (χ2n) is 7.03. The molecule has 1 aliphatic carbocycles. The molecule has 2 rings (SSSR count). The summed E-state index contributed by atoms with van der Waals surface area (Å²) in [4.78, 5) is 0. The van der Waals surface area contributed by atoms with Crippen molar-refractivity contribution in [2.45, 2.75) is 45.1 Å². The molecule has 132 valence electrons. The molecule has 0 saturated carbocycles. The van der Waals surface area contributed by atoms with Crippen LogP contribution in [0.2, 0.25) is 0 Å². The second kappa shape index (κ2) is 8.25. The van der Waals surface area contributed by atoms with E-state index < -0.39 is 0 Å². The number of benzene rings is 1. The van der Waals surface area contributed by atoms with Crippen LogP contribution in [0, 0.1) is 0 Å². The number of nitrogens with two attached hydrogens (primary N) is 1. The van der Waals surface area contributed by atoms with Crippen LogP contribution in [-0.2, 0) is 14.9 Å². The van der Waals surface area contributed by atoms with E-state index >= 15 is 0 Å². The lowest BCUT2D eigenvalue weighted by Gasteiger charge is -2.20. The molecule has 1 atom stereocenters. The molecule has 0 bridgehead atoms.